The van der Waals surface area contributed by atoms with E-state index in [0.29, 0.717) is 39.4 Å². The summed E-state index contributed by atoms with van der Waals surface area (Å²) >= 11 is 3.77. The van der Waals surface area contributed by atoms with Crippen LogP contribution < -0.4 is 22.5 Å². The number of aromatic amines is 2. The van der Waals surface area contributed by atoms with E-state index in [2.05, 4.69) is 43.8 Å². The summed E-state index contributed by atoms with van der Waals surface area (Å²) in [7, 11) is -1.93. The van der Waals surface area contributed by atoms with Crippen molar-refractivity contribution in [1.29, 1.82) is 0 Å². The van der Waals surface area contributed by atoms with E-state index in [1.165, 1.54) is 17.7 Å². The van der Waals surface area contributed by atoms with Gasteiger partial charge in [0.1, 0.15) is 6.10 Å². The maximum absolute atomic E-state index is 12.2. The van der Waals surface area contributed by atoms with Crippen LogP contribution in [0, 0.1) is 19.0 Å². The molecule has 246 valence electrons. The van der Waals surface area contributed by atoms with Crippen molar-refractivity contribution in [2.75, 3.05) is 13.2 Å². The minimum absolute atomic E-state index is 0.0181. The number of carbonyl (C=O) groups is 1. The largest absolute Gasteiger partial charge is 0.462 e. The van der Waals surface area contributed by atoms with E-state index in [1.807, 2.05) is 45.2 Å². The molecule has 4 N–H and O–H groups in total. The lowest BCUT2D eigenvalue weighted by molar-refractivity contribution is -0.148. The highest BCUT2D eigenvalue weighted by Gasteiger charge is 2.42. The second kappa shape index (κ2) is 14.9. The predicted molar refractivity (Wildman–Crippen MR) is 183 cm³/mol. The van der Waals surface area contributed by atoms with Gasteiger partial charge >= 0.3 is 17.3 Å². The first-order chi connectivity index (χ1) is 20.3. The Bertz CT molecular complexity index is 1560. The van der Waals surface area contributed by atoms with Crippen molar-refractivity contribution in [3.63, 3.8) is 0 Å². The van der Waals surface area contributed by atoms with Gasteiger partial charge in [-0.25, -0.2) is 9.59 Å². The Balaban J connectivity index is 0.000000266. The average molecular weight is 861 g/mol. The number of hydrogen-bond acceptors (Lipinski definition) is 9. The maximum Gasteiger partial charge on any atom is 0.328 e. The summed E-state index contributed by atoms with van der Waals surface area (Å²) in [5.74, 6) is -0.512. The average Bonchev–Trinajstić information content (AvgIpc) is 3.49. The van der Waals surface area contributed by atoms with E-state index in [-0.39, 0.29) is 53.2 Å². The van der Waals surface area contributed by atoms with Gasteiger partial charge in [0.25, 0.3) is 11.1 Å². The van der Waals surface area contributed by atoms with E-state index in [4.69, 9.17) is 14.3 Å². The number of nitrogens with one attached hydrogen (secondary N) is 2. The number of rotatable bonds is 7. The van der Waals surface area contributed by atoms with E-state index in [9.17, 15) is 29.1 Å². The molecule has 2 unspecified atom stereocenters. The molecule has 0 aliphatic heterocycles. The number of hydrogen-bond donors (Lipinski definition) is 4. The molecule has 0 bridgehead atoms. The first kappa shape index (κ1) is 36.9. The van der Waals surface area contributed by atoms with Crippen LogP contribution in [0.1, 0.15) is 65.5 Å². The molecule has 2 heterocycles. The number of nitrogens with zero attached hydrogens (tertiary/aromatic N) is 2. The number of carbonyl (C=O) groups excluding carboxylic acids is 1. The zero-order valence-electron chi connectivity index (χ0n) is 25.8. The third-order valence-electron chi connectivity index (χ3n) is 8.89. The van der Waals surface area contributed by atoms with Crippen molar-refractivity contribution in [2.24, 2.45) is 11.8 Å². The van der Waals surface area contributed by atoms with Crippen molar-refractivity contribution in [1.82, 2.24) is 19.1 Å². The molecule has 0 saturated heterocycles. The molecule has 2 aliphatic carbocycles. The summed E-state index contributed by atoms with van der Waals surface area (Å²) in [6.45, 7) is 12.7. The highest BCUT2D eigenvalue weighted by Crippen LogP contribution is 2.40. The monoisotopic (exact) mass is 860 g/mol. The molecule has 4 rings (SSSR count). The second-order valence-electron chi connectivity index (χ2n) is 13.0. The Morgan fingerprint density at radius 1 is 0.932 bits per heavy atom. The summed E-state index contributed by atoms with van der Waals surface area (Å²) in [4.78, 5) is 62.8. The molecule has 44 heavy (non-hydrogen) atoms. The van der Waals surface area contributed by atoms with Crippen LogP contribution in [-0.2, 0) is 14.0 Å². The predicted octanol–water partition coefficient (Wildman–Crippen LogP) is 2.49. The molecule has 0 amide bonds. The van der Waals surface area contributed by atoms with E-state index in [0.717, 1.165) is 0 Å². The summed E-state index contributed by atoms with van der Waals surface area (Å²) in [5.41, 5.74) is -1.68. The Morgan fingerprint density at radius 2 is 1.41 bits per heavy atom. The molecule has 2 aromatic heterocycles. The molecular weight excluding hydrogens is 818 g/mol. The van der Waals surface area contributed by atoms with E-state index < -0.39 is 31.4 Å². The summed E-state index contributed by atoms with van der Waals surface area (Å²) < 4.78 is 15.7. The van der Waals surface area contributed by atoms with Crippen LogP contribution in [0.2, 0.25) is 18.1 Å². The molecule has 6 atom stereocenters. The normalized spacial score (nSPS) is 25.4. The molecule has 2 aromatic rings. The lowest BCUT2D eigenvalue weighted by Crippen LogP contribution is -2.42. The van der Waals surface area contributed by atoms with Gasteiger partial charge in [-0.05, 0) is 82.6 Å². The van der Waals surface area contributed by atoms with Crippen LogP contribution in [0.5, 0.6) is 0 Å². The van der Waals surface area contributed by atoms with Gasteiger partial charge in [0.05, 0.1) is 13.2 Å². The fourth-order valence-electron chi connectivity index (χ4n) is 5.31. The van der Waals surface area contributed by atoms with Crippen molar-refractivity contribution in [2.45, 2.75) is 95.8 Å². The SMILES string of the molecule is CC(=O)O[C@@H]1CC(n2cc(I)c(=O)[nH]c2=O)C[C@@H]1CO[Si](C)(C)C(C)(C)C.O=c1[nH]c(=O)n(C2C[C@H](CO)[C@H](O)C2)cc1I. The van der Waals surface area contributed by atoms with Crippen LogP contribution in [0.4, 0.5) is 0 Å². The number of H-pyrrole nitrogens is 2. The fourth-order valence-corrected chi connectivity index (χ4v) is 7.24. The molecule has 2 saturated carbocycles. The third kappa shape index (κ3) is 9.01. The standard InChI is InChI=1S/C18H29IN2O5Si.C10H13IN2O4/c1-11(22)26-15-8-13(21-9-14(19)16(23)20-17(21)24)7-12(15)10-25-27(5,6)18(2,3)4;11-7-3-13(10(17)12-9(7)16)6-1-5(4-14)8(15)2-6/h9,12-13,15H,7-8,10H2,1-6H3,(H,20,23,24);3,5-6,8,14-15H,1-2,4H2,(H,12,16,17)/t12-,13?,15-;5-,6?,8-/m11/s1. The number of aliphatic hydroxyl groups excluding tert-OH is 2. The highest BCUT2D eigenvalue weighted by atomic mass is 127. The number of aliphatic hydroxyl groups is 2. The Morgan fingerprint density at radius 3 is 1.84 bits per heavy atom. The smallest absolute Gasteiger partial charge is 0.328 e. The van der Waals surface area contributed by atoms with Gasteiger partial charge in [-0.15, -0.1) is 0 Å². The van der Waals surface area contributed by atoms with Gasteiger partial charge in [-0.3, -0.25) is 33.5 Å². The fraction of sp³-hybridized carbons (Fsp3) is 0.679. The molecular formula is C28H42I2N4O9Si. The van der Waals surface area contributed by atoms with Crippen LogP contribution in [-0.4, -0.2) is 69.0 Å². The Kier molecular flexibility index (Phi) is 12.5. The number of halogens is 2. The molecule has 0 radical (unpaired) electrons. The van der Waals surface area contributed by atoms with Crippen molar-refractivity contribution >= 4 is 59.5 Å². The lowest BCUT2D eigenvalue weighted by Gasteiger charge is -2.37. The Labute approximate surface area is 283 Å². The van der Waals surface area contributed by atoms with Gasteiger partial charge in [-0.2, -0.15) is 0 Å². The van der Waals surface area contributed by atoms with Crippen LogP contribution in [0.3, 0.4) is 0 Å². The Hall–Kier alpha value is -1.61. The summed E-state index contributed by atoms with van der Waals surface area (Å²) in [6.07, 6.45) is 4.34. The van der Waals surface area contributed by atoms with Crippen molar-refractivity contribution < 1.29 is 24.2 Å². The van der Waals surface area contributed by atoms with E-state index in [1.54, 1.807) is 10.8 Å². The maximum atomic E-state index is 12.2. The quantitative estimate of drug-likeness (QED) is 0.185. The zero-order chi connectivity index (χ0) is 33.1. The van der Waals surface area contributed by atoms with Crippen molar-refractivity contribution in [3.05, 3.63) is 61.2 Å². The molecule has 16 heteroatoms. The molecule has 2 aliphatic rings. The van der Waals surface area contributed by atoms with Crippen LogP contribution in [0.15, 0.2) is 31.6 Å². The molecule has 0 aromatic carbocycles. The summed E-state index contributed by atoms with van der Waals surface area (Å²) in [6, 6.07) is -0.305. The van der Waals surface area contributed by atoms with Crippen LogP contribution in [0.25, 0.3) is 0 Å². The number of ether oxygens (including phenoxy) is 1. The topological polar surface area (TPSA) is 186 Å². The first-order valence-electron chi connectivity index (χ1n) is 14.5. The van der Waals surface area contributed by atoms with Crippen molar-refractivity contribution in [3.8, 4) is 0 Å². The second-order valence-corrected chi connectivity index (χ2v) is 20.2. The molecule has 13 nitrogen and oxygen atoms in total. The first-order valence-corrected chi connectivity index (χ1v) is 19.5. The van der Waals surface area contributed by atoms with Crippen LogP contribution >= 0.6 is 45.2 Å². The lowest BCUT2D eigenvalue weighted by atomic mass is 10.1. The van der Waals surface area contributed by atoms with Gasteiger partial charge in [-0.1, -0.05) is 20.8 Å². The minimum Gasteiger partial charge on any atom is -0.462 e. The molecule has 2 fully saturated rings. The van der Waals surface area contributed by atoms with Gasteiger partial charge < -0.3 is 19.4 Å². The minimum atomic E-state index is -1.93. The van der Waals surface area contributed by atoms with Gasteiger partial charge in [0.2, 0.25) is 0 Å². The number of aromatic nitrogens is 4. The van der Waals surface area contributed by atoms with Gasteiger partial charge in [0, 0.05) is 62.9 Å². The third-order valence-corrected chi connectivity index (χ3v) is 14.9. The van der Waals surface area contributed by atoms with Gasteiger partial charge in [0.15, 0.2) is 8.32 Å². The zero-order valence-corrected chi connectivity index (χ0v) is 31.1. The molecule has 0 spiro atoms. The van der Waals surface area contributed by atoms with E-state index >= 15 is 0 Å². The number of esters is 1. The summed E-state index contributed by atoms with van der Waals surface area (Å²) in [5, 5.41) is 18.8. The highest BCUT2D eigenvalue weighted by molar-refractivity contribution is 14.1.